The van der Waals surface area contributed by atoms with Crippen LogP contribution >= 0.6 is 0 Å². The molecule has 1 N–H and O–H groups in total. The minimum absolute atomic E-state index is 0.282. The van der Waals surface area contributed by atoms with Crippen molar-refractivity contribution in [2.75, 3.05) is 19.6 Å². The van der Waals surface area contributed by atoms with E-state index in [2.05, 4.69) is 15.2 Å². The number of carbonyl (C=O) groups is 1. The summed E-state index contributed by atoms with van der Waals surface area (Å²) in [6.07, 6.45) is 8.88. The van der Waals surface area contributed by atoms with Gasteiger partial charge in [-0.1, -0.05) is 0 Å². The third-order valence-corrected chi connectivity index (χ3v) is 4.27. The monoisotopic (exact) mass is 273 g/mol. The Morgan fingerprint density at radius 1 is 1.30 bits per heavy atom. The third-order valence-electron chi connectivity index (χ3n) is 4.27. The summed E-state index contributed by atoms with van der Waals surface area (Å²) in [7, 11) is 0. The molecule has 1 aromatic rings. The summed E-state index contributed by atoms with van der Waals surface area (Å²) in [5.41, 5.74) is 1.07. The SMILES string of the molecule is O=C(Cc1ccncc1)N(CC1CCCNC1)C1CC1. The number of piperidine rings is 1. The molecule has 1 atom stereocenters. The molecule has 2 fully saturated rings. The van der Waals surface area contributed by atoms with Gasteiger partial charge >= 0.3 is 0 Å². The molecule has 0 radical (unpaired) electrons. The normalized spacial score (nSPS) is 22.5. The molecule has 2 heterocycles. The zero-order valence-corrected chi connectivity index (χ0v) is 11.9. The lowest BCUT2D eigenvalue weighted by Crippen LogP contribution is -2.42. The van der Waals surface area contributed by atoms with Gasteiger partial charge in [0.1, 0.15) is 0 Å². The summed E-state index contributed by atoms with van der Waals surface area (Å²) in [5, 5.41) is 3.44. The molecule has 1 aliphatic heterocycles. The molecule has 0 spiro atoms. The van der Waals surface area contributed by atoms with E-state index in [1.165, 1.54) is 25.7 Å². The fourth-order valence-electron chi connectivity index (χ4n) is 2.98. The molecule has 0 bridgehead atoms. The Bertz CT molecular complexity index is 438. The number of hydrogen-bond donors (Lipinski definition) is 1. The van der Waals surface area contributed by atoms with Crippen LogP contribution in [0.3, 0.4) is 0 Å². The maximum Gasteiger partial charge on any atom is 0.227 e. The van der Waals surface area contributed by atoms with Crippen molar-refractivity contribution in [3.05, 3.63) is 30.1 Å². The lowest BCUT2D eigenvalue weighted by molar-refractivity contribution is -0.131. The van der Waals surface area contributed by atoms with Gasteiger partial charge < -0.3 is 10.2 Å². The van der Waals surface area contributed by atoms with Crippen LogP contribution in [0, 0.1) is 5.92 Å². The minimum Gasteiger partial charge on any atom is -0.339 e. The van der Waals surface area contributed by atoms with Gasteiger partial charge in [-0.15, -0.1) is 0 Å². The number of carbonyl (C=O) groups excluding carboxylic acids is 1. The van der Waals surface area contributed by atoms with Gasteiger partial charge in [0.15, 0.2) is 0 Å². The average molecular weight is 273 g/mol. The average Bonchev–Trinajstić information content (AvgIpc) is 3.31. The van der Waals surface area contributed by atoms with Crippen molar-refractivity contribution in [3.63, 3.8) is 0 Å². The van der Waals surface area contributed by atoms with Gasteiger partial charge in [-0.05, 0) is 62.4 Å². The highest BCUT2D eigenvalue weighted by molar-refractivity contribution is 5.79. The molecule has 1 aliphatic carbocycles. The topological polar surface area (TPSA) is 45.2 Å². The molecule has 0 aromatic carbocycles. The number of rotatable bonds is 5. The quantitative estimate of drug-likeness (QED) is 0.886. The van der Waals surface area contributed by atoms with Crippen LogP contribution in [-0.2, 0) is 11.2 Å². The summed E-state index contributed by atoms with van der Waals surface area (Å²) in [5.74, 6) is 0.912. The molecule has 1 saturated heterocycles. The first-order chi connectivity index (χ1) is 9.83. The van der Waals surface area contributed by atoms with E-state index in [4.69, 9.17) is 0 Å². The number of hydrogen-bond acceptors (Lipinski definition) is 3. The van der Waals surface area contributed by atoms with Gasteiger partial charge in [-0.25, -0.2) is 0 Å². The third kappa shape index (κ3) is 3.57. The zero-order chi connectivity index (χ0) is 13.8. The van der Waals surface area contributed by atoms with Crippen molar-refractivity contribution < 1.29 is 4.79 Å². The summed E-state index contributed by atoms with van der Waals surface area (Å²) < 4.78 is 0. The van der Waals surface area contributed by atoms with Crippen LogP contribution in [-0.4, -0.2) is 41.5 Å². The van der Waals surface area contributed by atoms with E-state index in [1.54, 1.807) is 12.4 Å². The molecule has 4 heteroatoms. The minimum atomic E-state index is 0.282. The number of amides is 1. The standard InChI is InChI=1S/C16H23N3O/c20-16(10-13-5-8-17-9-6-13)19(15-3-4-15)12-14-2-1-7-18-11-14/h5-6,8-9,14-15,18H,1-4,7,10-12H2. The second-order valence-corrected chi connectivity index (χ2v) is 6.02. The molecule has 1 saturated carbocycles. The fraction of sp³-hybridized carbons (Fsp3) is 0.625. The van der Waals surface area contributed by atoms with Crippen LogP contribution in [0.5, 0.6) is 0 Å². The van der Waals surface area contributed by atoms with Gasteiger partial charge in [0.05, 0.1) is 6.42 Å². The van der Waals surface area contributed by atoms with Gasteiger partial charge in [-0.3, -0.25) is 9.78 Å². The molecular formula is C16H23N3O. The molecule has 1 aromatic heterocycles. The first-order valence-electron chi connectivity index (χ1n) is 7.72. The largest absolute Gasteiger partial charge is 0.339 e. The highest BCUT2D eigenvalue weighted by Gasteiger charge is 2.33. The van der Waals surface area contributed by atoms with Crippen molar-refractivity contribution in [1.82, 2.24) is 15.2 Å². The molecule has 1 unspecified atom stereocenters. The van der Waals surface area contributed by atoms with Crippen LogP contribution in [0.1, 0.15) is 31.2 Å². The lowest BCUT2D eigenvalue weighted by atomic mass is 9.98. The molecule has 3 rings (SSSR count). The van der Waals surface area contributed by atoms with Crippen LogP contribution < -0.4 is 5.32 Å². The van der Waals surface area contributed by atoms with Crippen molar-refractivity contribution in [2.24, 2.45) is 5.92 Å². The van der Waals surface area contributed by atoms with Crippen molar-refractivity contribution in [3.8, 4) is 0 Å². The molecular weight excluding hydrogens is 250 g/mol. The van der Waals surface area contributed by atoms with Crippen molar-refractivity contribution in [1.29, 1.82) is 0 Å². The van der Waals surface area contributed by atoms with E-state index in [9.17, 15) is 4.79 Å². The second kappa shape index (κ2) is 6.35. The Labute approximate surface area is 120 Å². The Hall–Kier alpha value is -1.42. The maximum atomic E-state index is 12.6. The highest BCUT2D eigenvalue weighted by atomic mass is 16.2. The number of aromatic nitrogens is 1. The number of pyridine rings is 1. The lowest BCUT2D eigenvalue weighted by Gasteiger charge is -2.30. The summed E-state index contributed by atoms with van der Waals surface area (Å²) in [4.78, 5) is 18.7. The Morgan fingerprint density at radius 3 is 2.75 bits per heavy atom. The first kappa shape index (κ1) is 13.6. The predicted molar refractivity (Wildman–Crippen MR) is 78.3 cm³/mol. The second-order valence-electron chi connectivity index (χ2n) is 6.02. The van der Waals surface area contributed by atoms with E-state index in [1.807, 2.05) is 12.1 Å². The van der Waals surface area contributed by atoms with Crippen LogP contribution in [0.15, 0.2) is 24.5 Å². The fourth-order valence-corrected chi connectivity index (χ4v) is 2.98. The van der Waals surface area contributed by atoms with Crippen molar-refractivity contribution in [2.45, 2.75) is 38.1 Å². The Balaban J connectivity index is 1.59. The Morgan fingerprint density at radius 2 is 2.10 bits per heavy atom. The van der Waals surface area contributed by atoms with Gasteiger partial charge in [0.2, 0.25) is 5.91 Å². The van der Waals surface area contributed by atoms with Crippen LogP contribution in [0.4, 0.5) is 0 Å². The first-order valence-corrected chi connectivity index (χ1v) is 7.72. The van der Waals surface area contributed by atoms with E-state index in [0.717, 1.165) is 25.2 Å². The number of nitrogens with zero attached hydrogens (tertiary/aromatic N) is 2. The van der Waals surface area contributed by atoms with E-state index in [0.29, 0.717) is 18.4 Å². The van der Waals surface area contributed by atoms with E-state index >= 15 is 0 Å². The maximum absolute atomic E-state index is 12.6. The van der Waals surface area contributed by atoms with Crippen molar-refractivity contribution >= 4 is 5.91 Å². The van der Waals surface area contributed by atoms with E-state index < -0.39 is 0 Å². The van der Waals surface area contributed by atoms with Gasteiger partial charge in [0.25, 0.3) is 0 Å². The molecule has 1 amide bonds. The summed E-state index contributed by atoms with van der Waals surface area (Å²) in [6, 6.07) is 4.38. The zero-order valence-electron chi connectivity index (χ0n) is 11.9. The molecule has 4 nitrogen and oxygen atoms in total. The smallest absolute Gasteiger partial charge is 0.227 e. The highest BCUT2D eigenvalue weighted by Crippen LogP contribution is 2.29. The van der Waals surface area contributed by atoms with Crippen LogP contribution in [0.25, 0.3) is 0 Å². The van der Waals surface area contributed by atoms with Gasteiger partial charge in [-0.2, -0.15) is 0 Å². The Kier molecular flexibility index (Phi) is 4.31. The van der Waals surface area contributed by atoms with Gasteiger partial charge in [0, 0.05) is 25.0 Å². The number of nitrogens with one attached hydrogen (secondary N) is 1. The summed E-state index contributed by atoms with van der Waals surface area (Å²) >= 11 is 0. The molecule has 108 valence electrons. The molecule has 20 heavy (non-hydrogen) atoms. The summed E-state index contributed by atoms with van der Waals surface area (Å²) in [6.45, 7) is 3.12. The van der Waals surface area contributed by atoms with E-state index in [-0.39, 0.29) is 5.91 Å². The predicted octanol–water partition coefficient (Wildman–Crippen LogP) is 1.61. The van der Waals surface area contributed by atoms with Crippen LogP contribution in [0.2, 0.25) is 0 Å². The molecule has 2 aliphatic rings.